The lowest BCUT2D eigenvalue weighted by atomic mass is 10.1. The molecule has 0 spiro atoms. The van der Waals surface area contributed by atoms with Gasteiger partial charge in [-0.05, 0) is 36.8 Å². The predicted octanol–water partition coefficient (Wildman–Crippen LogP) is 4.33. The molecular formula is C17H17F3N2O2. The first kappa shape index (κ1) is 17.7. The molecular weight excluding hydrogens is 321 g/mol. The number of halogens is 3. The van der Waals surface area contributed by atoms with E-state index < -0.39 is 17.6 Å². The van der Waals surface area contributed by atoms with Gasteiger partial charge < -0.3 is 15.8 Å². The predicted molar refractivity (Wildman–Crippen MR) is 86.0 cm³/mol. The molecule has 0 saturated heterocycles. The van der Waals surface area contributed by atoms with E-state index >= 15 is 0 Å². The van der Waals surface area contributed by atoms with Gasteiger partial charge in [0.2, 0.25) is 0 Å². The second kappa shape index (κ2) is 7.25. The van der Waals surface area contributed by atoms with E-state index in [9.17, 15) is 18.0 Å². The Morgan fingerprint density at radius 3 is 2.54 bits per heavy atom. The van der Waals surface area contributed by atoms with Crippen molar-refractivity contribution < 1.29 is 22.7 Å². The molecule has 0 saturated carbocycles. The first-order valence-corrected chi connectivity index (χ1v) is 7.33. The van der Waals surface area contributed by atoms with E-state index in [-0.39, 0.29) is 16.9 Å². The Morgan fingerprint density at radius 2 is 1.92 bits per heavy atom. The summed E-state index contributed by atoms with van der Waals surface area (Å²) in [6.45, 7) is 2.42. The van der Waals surface area contributed by atoms with Crippen LogP contribution in [0.5, 0.6) is 5.75 Å². The SMILES string of the molecule is CCCOc1ccc(C(=O)Nc2ccccc2C(F)(F)F)cc1N. The molecule has 0 heterocycles. The summed E-state index contributed by atoms with van der Waals surface area (Å²) in [5, 5.41) is 2.27. The topological polar surface area (TPSA) is 64.3 Å². The minimum Gasteiger partial charge on any atom is -0.491 e. The Labute approximate surface area is 137 Å². The quantitative estimate of drug-likeness (QED) is 0.798. The lowest BCUT2D eigenvalue weighted by molar-refractivity contribution is -0.136. The van der Waals surface area contributed by atoms with Crippen molar-refractivity contribution in [1.82, 2.24) is 0 Å². The molecule has 0 atom stereocenters. The molecule has 3 N–H and O–H groups in total. The number of amides is 1. The van der Waals surface area contributed by atoms with Gasteiger partial charge in [0, 0.05) is 5.56 Å². The number of rotatable bonds is 5. The van der Waals surface area contributed by atoms with Crippen molar-refractivity contribution in [3.8, 4) is 5.75 Å². The molecule has 24 heavy (non-hydrogen) atoms. The summed E-state index contributed by atoms with van der Waals surface area (Å²) in [5.41, 5.74) is 4.99. The summed E-state index contributed by atoms with van der Waals surface area (Å²) in [7, 11) is 0. The molecule has 2 aromatic rings. The number of hydrogen-bond donors (Lipinski definition) is 2. The summed E-state index contributed by atoms with van der Waals surface area (Å²) in [6.07, 6.45) is -3.75. The van der Waals surface area contributed by atoms with Crippen molar-refractivity contribution in [3.05, 3.63) is 53.6 Å². The Balaban J connectivity index is 2.21. The minimum absolute atomic E-state index is 0.147. The van der Waals surface area contributed by atoms with Crippen LogP contribution in [0.2, 0.25) is 0 Å². The molecule has 4 nitrogen and oxygen atoms in total. The van der Waals surface area contributed by atoms with Gasteiger partial charge in [0.15, 0.2) is 0 Å². The number of nitrogen functional groups attached to an aromatic ring is 1. The second-order valence-electron chi connectivity index (χ2n) is 5.10. The zero-order valence-electron chi connectivity index (χ0n) is 13.0. The highest BCUT2D eigenvalue weighted by atomic mass is 19.4. The van der Waals surface area contributed by atoms with Crippen LogP contribution < -0.4 is 15.8 Å². The van der Waals surface area contributed by atoms with Crippen LogP contribution in [-0.2, 0) is 6.18 Å². The van der Waals surface area contributed by atoms with Crippen LogP contribution in [0.3, 0.4) is 0 Å². The number of para-hydroxylation sites is 1. The minimum atomic E-state index is -4.55. The van der Waals surface area contributed by atoms with Crippen LogP contribution in [0.15, 0.2) is 42.5 Å². The number of anilines is 2. The fourth-order valence-corrected chi connectivity index (χ4v) is 2.07. The third kappa shape index (κ3) is 4.18. The van der Waals surface area contributed by atoms with Gasteiger partial charge in [-0.3, -0.25) is 4.79 Å². The first-order chi connectivity index (χ1) is 11.3. The number of carbonyl (C=O) groups excluding carboxylic acids is 1. The zero-order chi connectivity index (χ0) is 17.7. The van der Waals surface area contributed by atoms with Crippen LogP contribution in [0, 0.1) is 0 Å². The maximum absolute atomic E-state index is 12.9. The average molecular weight is 338 g/mol. The lowest BCUT2D eigenvalue weighted by Gasteiger charge is -2.14. The molecule has 0 aliphatic carbocycles. The molecule has 0 aromatic heterocycles. The Bertz CT molecular complexity index is 730. The zero-order valence-corrected chi connectivity index (χ0v) is 13.0. The smallest absolute Gasteiger partial charge is 0.418 e. The second-order valence-corrected chi connectivity index (χ2v) is 5.10. The van der Waals surface area contributed by atoms with Crippen LogP contribution in [0.25, 0.3) is 0 Å². The van der Waals surface area contributed by atoms with Crippen molar-refractivity contribution in [2.24, 2.45) is 0 Å². The van der Waals surface area contributed by atoms with Crippen LogP contribution in [0.4, 0.5) is 24.5 Å². The number of hydrogen-bond acceptors (Lipinski definition) is 3. The summed E-state index contributed by atoms with van der Waals surface area (Å²) in [6, 6.07) is 9.13. The molecule has 0 bridgehead atoms. The summed E-state index contributed by atoms with van der Waals surface area (Å²) in [5.74, 6) is -0.246. The van der Waals surface area contributed by atoms with E-state index in [4.69, 9.17) is 10.5 Å². The number of benzene rings is 2. The standard InChI is InChI=1S/C17H17F3N2O2/c1-2-9-24-15-8-7-11(10-13(15)21)16(23)22-14-6-4-3-5-12(14)17(18,19)20/h3-8,10H,2,9,21H2,1H3,(H,22,23). The first-order valence-electron chi connectivity index (χ1n) is 7.33. The van der Waals surface area contributed by atoms with Crippen LogP contribution in [0.1, 0.15) is 29.3 Å². The van der Waals surface area contributed by atoms with Crippen molar-refractivity contribution in [2.75, 3.05) is 17.7 Å². The van der Waals surface area contributed by atoms with E-state index in [1.165, 1.54) is 36.4 Å². The molecule has 0 fully saturated rings. The maximum atomic E-state index is 12.9. The highest BCUT2D eigenvalue weighted by Crippen LogP contribution is 2.34. The van der Waals surface area contributed by atoms with Crippen LogP contribution in [-0.4, -0.2) is 12.5 Å². The van der Waals surface area contributed by atoms with E-state index in [1.807, 2.05) is 6.92 Å². The number of nitrogens with one attached hydrogen (secondary N) is 1. The number of nitrogens with two attached hydrogens (primary N) is 1. The highest BCUT2D eigenvalue weighted by Gasteiger charge is 2.33. The van der Waals surface area contributed by atoms with E-state index in [0.29, 0.717) is 12.4 Å². The molecule has 128 valence electrons. The average Bonchev–Trinajstić information content (AvgIpc) is 2.53. The fourth-order valence-electron chi connectivity index (χ4n) is 2.07. The van der Waals surface area contributed by atoms with Gasteiger partial charge >= 0.3 is 6.18 Å². The van der Waals surface area contributed by atoms with Crippen LogP contribution >= 0.6 is 0 Å². The molecule has 2 rings (SSSR count). The Kier molecular flexibility index (Phi) is 5.33. The third-order valence-electron chi connectivity index (χ3n) is 3.21. The Hall–Kier alpha value is -2.70. The van der Waals surface area contributed by atoms with Gasteiger partial charge in [-0.15, -0.1) is 0 Å². The summed E-state index contributed by atoms with van der Waals surface area (Å²) in [4.78, 5) is 12.2. The Morgan fingerprint density at radius 1 is 1.21 bits per heavy atom. The highest BCUT2D eigenvalue weighted by molar-refractivity contribution is 6.05. The van der Waals surface area contributed by atoms with Gasteiger partial charge in [0.05, 0.1) is 23.5 Å². The molecule has 0 radical (unpaired) electrons. The number of carbonyl (C=O) groups is 1. The number of ether oxygens (including phenoxy) is 1. The monoisotopic (exact) mass is 338 g/mol. The van der Waals surface area contributed by atoms with Gasteiger partial charge in [0.25, 0.3) is 5.91 Å². The van der Waals surface area contributed by atoms with Crippen molar-refractivity contribution in [1.29, 1.82) is 0 Å². The van der Waals surface area contributed by atoms with Gasteiger partial charge in [-0.25, -0.2) is 0 Å². The summed E-state index contributed by atoms with van der Waals surface area (Å²) >= 11 is 0. The van der Waals surface area contributed by atoms with Gasteiger partial charge in [-0.1, -0.05) is 19.1 Å². The largest absolute Gasteiger partial charge is 0.491 e. The third-order valence-corrected chi connectivity index (χ3v) is 3.21. The van der Waals surface area contributed by atoms with E-state index in [2.05, 4.69) is 5.32 Å². The molecule has 0 aliphatic heterocycles. The van der Waals surface area contributed by atoms with Crippen molar-refractivity contribution in [2.45, 2.75) is 19.5 Å². The normalized spacial score (nSPS) is 11.2. The van der Waals surface area contributed by atoms with Crippen molar-refractivity contribution in [3.63, 3.8) is 0 Å². The van der Waals surface area contributed by atoms with E-state index in [1.54, 1.807) is 0 Å². The van der Waals surface area contributed by atoms with E-state index in [0.717, 1.165) is 12.5 Å². The molecule has 0 unspecified atom stereocenters. The van der Waals surface area contributed by atoms with Gasteiger partial charge in [-0.2, -0.15) is 13.2 Å². The lowest BCUT2D eigenvalue weighted by Crippen LogP contribution is -2.16. The maximum Gasteiger partial charge on any atom is 0.418 e. The molecule has 7 heteroatoms. The summed E-state index contributed by atoms with van der Waals surface area (Å²) < 4.78 is 44.2. The molecule has 2 aromatic carbocycles. The van der Waals surface area contributed by atoms with Gasteiger partial charge in [0.1, 0.15) is 5.75 Å². The van der Waals surface area contributed by atoms with Crippen molar-refractivity contribution >= 4 is 17.3 Å². The molecule has 0 aliphatic rings. The molecule has 1 amide bonds. The number of alkyl halides is 3. The fraction of sp³-hybridized carbons (Fsp3) is 0.235.